The molecule has 2 aromatic carbocycles. The maximum Gasteiger partial charge on any atom is 0.405 e. The number of hydrogen-bond acceptors (Lipinski definition) is 6. The van der Waals surface area contributed by atoms with Crippen LogP contribution in [-0.2, 0) is 0 Å². The lowest BCUT2D eigenvalue weighted by atomic mass is 10.1. The van der Waals surface area contributed by atoms with Crippen LogP contribution in [0, 0.1) is 0 Å². The molecular weight excluding hydrogens is 469 g/mol. The SMILES string of the molecule is CN=Cc1cc(-c2nc3ccc(NCC(F)(F)F)nc3n(-c3ccc(Cl)cc3)c2=O)ccc1N. The van der Waals surface area contributed by atoms with E-state index in [1.807, 2.05) is 0 Å². The number of pyridine rings is 1. The van der Waals surface area contributed by atoms with Crippen LogP contribution in [0.1, 0.15) is 5.56 Å². The van der Waals surface area contributed by atoms with Gasteiger partial charge in [0.05, 0.1) is 5.69 Å². The summed E-state index contributed by atoms with van der Waals surface area (Å²) < 4.78 is 39.3. The van der Waals surface area contributed by atoms with Crippen molar-refractivity contribution in [3.8, 4) is 16.9 Å². The van der Waals surface area contributed by atoms with Crippen LogP contribution in [0.4, 0.5) is 24.7 Å². The molecule has 3 N–H and O–H groups in total. The van der Waals surface area contributed by atoms with Crippen molar-refractivity contribution in [2.24, 2.45) is 4.99 Å². The van der Waals surface area contributed by atoms with Crippen molar-refractivity contribution >= 4 is 40.5 Å². The largest absolute Gasteiger partial charge is 0.405 e. The molecule has 0 bridgehead atoms. The Balaban J connectivity index is 1.96. The Bertz CT molecular complexity index is 1450. The van der Waals surface area contributed by atoms with Gasteiger partial charge in [-0.3, -0.25) is 14.4 Å². The molecular formula is C23H18ClF3N6O. The zero-order chi connectivity index (χ0) is 24.5. The van der Waals surface area contributed by atoms with Crippen LogP contribution in [0.5, 0.6) is 0 Å². The van der Waals surface area contributed by atoms with E-state index in [4.69, 9.17) is 17.3 Å². The number of aliphatic imine (C=N–C) groups is 1. The third-order valence-corrected chi connectivity index (χ3v) is 5.14. The molecule has 4 rings (SSSR count). The van der Waals surface area contributed by atoms with Gasteiger partial charge in [-0.2, -0.15) is 13.2 Å². The zero-order valence-corrected chi connectivity index (χ0v) is 18.5. The Kier molecular flexibility index (Phi) is 6.25. The lowest BCUT2D eigenvalue weighted by Crippen LogP contribution is -2.24. The summed E-state index contributed by atoms with van der Waals surface area (Å²) in [5.41, 5.74) is 8.01. The van der Waals surface area contributed by atoms with E-state index in [-0.39, 0.29) is 17.2 Å². The summed E-state index contributed by atoms with van der Waals surface area (Å²) in [6.07, 6.45) is -2.86. The topological polar surface area (TPSA) is 98.2 Å². The number of nitrogens with one attached hydrogen (secondary N) is 1. The summed E-state index contributed by atoms with van der Waals surface area (Å²) >= 11 is 6.00. The van der Waals surface area contributed by atoms with E-state index in [0.29, 0.717) is 33.0 Å². The first-order valence-electron chi connectivity index (χ1n) is 9.99. The molecule has 0 spiro atoms. The third-order valence-electron chi connectivity index (χ3n) is 4.89. The molecule has 0 atom stereocenters. The van der Waals surface area contributed by atoms with Gasteiger partial charge < -0.3 is 11.1 Å². The number of hydrogen-bond donors (Lipinski definition) is 2. The van der Waals surface area contributed by atoms with Crippen LogP contribution in [0.15, 0.2) is 64.4 Å². The van der Waals surface area contributed by atoms with Crippen LogP contribution in [-0.4, -0.2) is 40.5 Å². The van der Waals surface area contributed by atoms with Gasteiger partial charge in [-0.15, -0.1) is 0 Å². The summed E-state index contributed by atoms with van der Waals surface area (Å²) in [6.45, 7) is -1.27. The van der Waals surface area contributed by atoms with Crippen LogP contribution >= 0.6 is 11.6 Å². The van der Waals surface area contributed by atoms with Crippen LogP contribution in [0.3, 0.4) is 0 Å². The lowest BCUT2D eigenvalue weighted by Gasteiger charge is -2.14. The van der Waals surface area contributed by atoms with Gasteiger partial charge in [0, 0.05) is 35.1 Å². The van der Waals surface area contributed by atoms with E-state index in [1.54, 1.807) is 55.7 Å². The molecule has 0 fully saturated rings. The fourth-order valence-corrected chi connectivity index (χ4v) is 3.47. The molecule has 174 valence electrons. The standard InChI is InChI=1S/C23H18ClF3N6O/c1-29-11-14-10-13(2-7-17(14)28)20-22(34)33(16-5-3-15(24)4-6-16)21-18(31-20)8-9-19(32-21)30-12-23(25,26)27/h2-11H,12,28H2,1H3,(H,30,32). The second-order valence-electron chi connectivity index (χ2n) is 7.32. The summed E-state index contributed by atoms with van der Waals surface area (Å²) in [4.78, 5) is 26.3. The van der Waals surface area contributed by atoms with Crippen molar-refractivity contribution < 1.29 is 13.2 Å². The minimum atomic E-state index is -4.43. The van der Waals surface area contributed by atoms with Crippen molar-refractivity contribution in [1.82, 2.24) is 14.5 Å². The second kappa shape index (κ2) is 9.14. The molecule has 11 heteroatoms. The van der Waals surface area contributed by atoms with Crippen LogP contribution in [0.25, 0.3) is 28.1 Å². The molecule has 2 aromatic heterocycles. The number of anilines is 2. The van der Waals surface area contributed by atoms with Gasteiger partial charge in [-0.25, -0.2) is 9.97 Å². The quantitative estimate of drug-likeness (QED) is 0.314. The molecule has 0 saturated carbocycles. The number of rotatable bonds is 5. The molecule has 4 aromatic rings. The highest BCUT2D eigenvalue weighted by molar-refractivity contribution is 6.30. The molecule has 0 aliphatic heterocycles. The fraction of sp³-hybridized carbons (Fsp3) is 0.130. The molecule has 0 amide bonds. The number of nitrogen functional groups attached to an aromatic ring is 1. The van der Waals surface area contributed by atoms with E-state index in [1.165, 1.54) is 16.7 Å². The summed E-state index contributed by atoms with van der Waals surface area (Å²) in [6, 6.07) is 14.3. The lowest BCUT2D eigenvalue weighted by molar-refractivity contribution is -0.115. The number of nitrogens with two attached hydrogens (primary N) is 1. The minimum Gasteiger partial charge on any atom is -0.398 e. The minimum absolute atomic E-state index is 0.0459. The number of aromatic nitrogens is 3. The molecule has 34 heavy (non-hydrogen) atoms. The Hall–Kier alpha value is -3.92. The molecule has 0 saturated heterocycles. The molecule has 2 heterocycles. The fourth-order valence-electron chi connectivity index (χ4n) is 3.34. The highest BCUT2D eigenvalue weighted by atomic mass is 35.5. The van der Waals surface area contributed by atoms with Crippen molar-refractivity contribution in [1.29, 1.82) is 0 Å². The van der Waals surface area contributed by atoms with Crippen molar-refractivity contribution in [2.75, 3.05) is 24.6 Å². The summed E-state index contributed by atoms with van der Waals surface area (Å²) in [7, 11) is 1.60. The highest BCUT2D eigenvalue weighted by Gasteiger charge is 2.27. The zero-order valence-electron chi connectivity index (χ0n) is 17.8. The smallest absolute Gasteiger partial charge is 0.398 e. The van der Waals surface area contributed by atoms with Crippen molar-refractivity contribution in [3.63, 3.8) is 0 Å². The predicted molar refractivity (Wildman–Crippen MR) is 128 cm³/mol. The maximum absolute atomic E-state index is 13.6. The van der Waals surface area contributed by atoms with Gasteiger partial charge in [0.1, 0.15) is 23.6 Å². The molecule has 0 radical (unpaired) electrons. The number of benzene rings is 2. The third kappa shape index (κ3) is 4.86. The van der Waals surface area contributed by atoms with Crippen LogP contribution < -0.4 is 16.6 Å². The molecule has 0 aliphatic rings. The summed E-state index contributed by atoms with van der Waals surface area (Å²) in [5.74, 6) is -0.0459. The monoisotopic (exact) mass is 486 g/mol. The molecule has 0 unspecified atom stereocenters. The Morgan fingerprint density at radius 2 is 1.85 bits per heavy atom. The van der Waals surface area contributed by atoms with Gasteiger partial charge in [0.15, 0.2) is 5.65 Å². The van der Waals surface area contributed by atoms with Gasteiger partial charge in [0.2, 0.25) is 0 Å². The number of nitrogens with zero attached hydrogens (tertiary/aromatic N) is 4. The average Bonchev–Trinajstić information content (AvgIpc) is 2.79. The molecule has 7 nitrogen and oxygen atoms in total. The Morgan fingerprint density at radius 3 is 2.53 bits per heavy atom. The van der Waals surface area contributed by atoms with Crippen LogP contribution in [0.2, 0.25) is 5.02 Å². The first kappa shape index (κ1) is 23.2. The maximum atomic E-state index is 13.6. The van der Waals surface area contributed by atoms with Gasteiger partial charge in [0.25, 0.3) is 5.56 Å². The first-order chi connectivity index (χ1) is 16.2. The Morgan fingerprint density at radius 1 is 1.12 bits per heavy atom. The van der Waals surface area contributed by atoms with Gasteiger partial charge in [-0.05, 0) is 48.5 Å². The average molecular weight is 487 g/mol. The Labute approximate surface area is 196 Å². The highest BCUT2D eigenvalue weighted by Crippen LogP contribution is 2.24. The normalized spacial score (nSPS) is 11.9. The molecule has 0 aliphatic carbocycles. The van der Waals surface area contributed by atoms with E-state index in [0.717, 1.165) is 0 Å². The number of alkyl halides is 3. The van der Waals surface area contributed by atoms with E-state index in [9.17, 15) is 18.0 Å². The van der Waals surface area contributed by atoms with E-state index in [2.05, 4.69) is 20.3 Å². The van der Waals surface area contributed by atoms with Crippen molar-refractivity contribution in [2.45, 2.75) is 6.18 Å². The van der Waals surface area contributed by atoms with Gasteiger partial charge in [-0.1, -0.05) is 17.7 Å². The van der Waals surface area contributed by atoms with E-state index < -0.39 is 18.3 Å². The number of fused-ring (bicyclic) bond motifs is 1. The summed E-state index contributed by atoms with van der Waals surface area (Å²) in [5, 5.41) is 2.69. The predicted octanol–water partition coefficient (Wildman–Crippen LogP) is 4.71. The van der Waals surface area contributed by atoms with E-state index >= 15 is 0 Å². The first-order valence-corrected chi connectivity index (χ1v) is 10.4. The van der Waals surface area contributed by atoms with Gasteiger partial charge >= 0.3 is 6.18 Å². The second-order valence-corrected chi connectivity index (χ2v) is 7.75. The number of halogens is 4. The van der Waals surface area contributed by atoms with Crippen molar-refractivity contribution in [3.05, 3.63) is 75.5 Å².